The van der Waals surface area contributed by atoms with Gasteiger partial charge in [-0.3, -0.25) is 0 Å². The Morgan fingerprint density at radius 2 is 0.895 bits per heavy atom. The van der Waals surface area contributed by atoms with Crippen molar-refractivity contribution >= 4 is 53.3 Å². The lowest BCUT2D eigenvalue weighted by Gasteiger charge is -2.09. The summed E-state index contributed by atoms with van der Waals surface area (Å²) in [6.07, 6.45) is 5.03. The molecule has 0 unspecified atom stereocenters. The highest BCUT2D eigenvalue weighted by atomic mass is 32.1. The van der Waals surface area contributed by atoms with Gasteiger partial charge in [-0.2, -0.15) is 0 Å². The number of rotatable bonds is 6. The highest BCUT2D eigenvalue weighted by molar-refractivity contribution is 7.26. The van der Waals surface area contributed by atoms with Crippen molar-refractivity contribution in [3.05, 3.63) is 226 Å². The van der Waals surface area contributed by atoms with Gasteiger partial charge in [0.2, 0.25) is 0 Å². The fraction of sp³-hybridized carbons (Fsp3) is 0.0182. The number of hydrogen-bond acceptors (Lipinski definition) is 1. The predicted molar refractivity (Wildman–Crippen MR) is 252 cm³/mol. The molecule has 0 bridgehead atoms. The molecule has 0 N–H and O–H groups in total. The first-order valence-electron chi connectivity index (χ1n) is 19.2. The van der Waals surface area contributed by atoms with Crippen LogP contribution in [0.4, 0.5) is 0 Å². The van der Waals surface area contributed by atoms with Gasteiger partial charge in [0.1, 0.15) is 0 Å². The first kappa shape index (κ1) is 36.9. The number of aromatic nitrogens is 1. The molecule has 0 amide bonds. The second-order valence-corrected chi connectivity index (χ2v) is 14.9. The molecule has 0 saturated heterocycles. The maximum atomic E-state index is 3.36. The van der Waals surface area contributed by atoms with Gasteiger partial charge in [-0.15, -0.1) is 17.9 Å². The Balaban J connectivity index is 0.000000606. The van der Waals surface area contributed by atoms with E-state index in [0.717, 1.165) is 0 Å². The Bertz CT molecular complexity index is 3010. The van der Waals surface area contributed by atoms with Gasteiger partial charge in [0, 0.05) is 36.6 Å². The van der Waals surface area contributed by atoms with Crippen LogP contribution < -0.4 is 0 Å². The van der Waals surface area contributed by atoms with E-state index in [1.54, 1.807) is 18.2 Å². The molecule has 2 aromatic heterocycles. The van der Waals surface area contributed by atoms with Crippen LogP contribution in [0.3, 0.4) is 0 Å². The molecule has 0 fully saturated rings. The van der Waals surface area contributed by atoms with E-state index in [1.165, 1.54) is 92.2 Å². The van der Waals surface area contributed by atoms with Gasteiger partial charge in [0.05, 0.1) is 11.0 Å². The minimum atomic E-state index is 1.18. The van der Waals surface area contributed by atoms with Gasteiger partial charge in [-0.1, -0.05) is 165 Å². The maximum absolute atomic E-state index is 3.36. The summed E-state index contributed by atoms with van der Waals surface area (Å²) < 4.78 is 5.02. The van der Waals surface area contributed by atoms with Gasteiger partial charge in [-0.05, 0) is 106 Å². The summed E-state index contributed by atoms with van der Waals surface area (Å²) >= 11 is 1.89. The van der Waals surface area contributed by atoms with E-state index >= 15 is 0 Å². The third-order valence-corrected chi connectivity index (χ3v) is 11.4. The number of fused-ring (bicyclic) bond motifs is 6. The summed E-state index contributed by atoms with van der Waals surface area (Å²) in [5.41, 5.74) is 13.5. The van der Waals surface area contributed by atoms with Crippen molar-refractivity contribution in [2.45, 2.75) is 6.92 Å². The number of benzene rings is 8. The van der Waals surface area contributed by atoms with Crippen molar-refractivity contribution in [2.24, 2.45) is 0 Å². The van der Waals surface area contributed by atoms with E-state index in [1.807, 2.05) is 18.3 Å². The molecule has 10 rings (SSSR count). The highest BCUT2D eigenvalue weighted by Gasteiger charge is 2.16. The van der Waals surface area contributed by atoms with Crippen molar-refractivity contribution in [1.29, 1.82) is 0 Å². The predicted octanol–water partition coefficient (Wildman–Crippen LogP) is 16.4. The zero-order valence-corrected chi connectivity index (χ0v) is 32.9. The number of hydrogen-bond donors (Lipinski definition) is 0. The minimum absolute atomic E-state index is 1.18. The van der Waals surface area contributed by atoms with Gasteiger partial charge in [-0.25, -0.2) is 0 Å². The second kappa shape index (κ2) is 16.8. The molecule has 2 heterocycles. The summed E-state index contributed by atoms with van der Waals surface area (Å²) in [7, 11) is 0. The van der Waals surface area contributed by atoms with Crippen LogP contribution in [-0.4, -0.2) is 4.57 Å². The molecule has 0 radical (unpaired) electrons. The fourth-order valence-corrected chi connectivity index (χ4v) is 8.81. The molecule has 1 nitrogen and oxygen atoms in total. The zero-order valence-electron chi connectivity index (χ0n) is 32.1. The number of nitrogens with zero attached hydrogens (tertiary/aromatic N) is 1. The number of allylic oxidation sites excluding steroid dienone is 3. The molecular weight excluding hydrogens is 707 g/mol. The Labute approximate surface area is 339 Å². The first-order chi connectivity index (χ1) is 28.1. The Morgan fingerprint density at radius 1 is 0.404 bits per heavy atom. The molecule has 0 spiro atoms. The van der Waals surface area contributed by atoms with Crippen molar-refractivity contribution in [2.75, 3.05) is 0 Å². The number of thiophene rings is 1. The molecule has 57 heavy (non-hydrogen) atoms. The van der Waals surface area contributed by atoms with E-state index in [9.17, 15) is 0 Å². The summed E-state index contributed by atoms with van der Waals surface area (Å²) in [5, 5.41) is 5.16. The number of para-hydroxylation sites is 2. The molecule has 0 aliphatic rings. The third-order valence-electron chi connectivity index (χ3n) is 10.2. The van der Waals surface area contributed by atoms with E-state index in [-0.39, 0.29) is 0 Å². The van der Waals surface area contributed by atoms with Crippen LogP contribution in [-0.2, 0) is 0 Å². The van der Waals surface area contributed by atoms with Gasteiger partial charge < -0.3 is 4.57 Å². The molecule has 0 atom stereocenters. The molecule has 274 valence electrons. The van der Waals surface area contributed by atoms with Crippen LogP contribution in [0.25, 0.3) is 92.2 Å². The lowest BCUT2D eigenvalue weighted by molar-refractivity contribution is 1.18. The van der Waals surface area contributed by atoms with Crippen LogP contribution >= 0.6 is 11.3 Å². The maximum Gasteiger partial charge on any atom is 0.0541 e. The first-order valence-corrected chi connectivity index (χ1v) is 20.0. The van der Waals surface area contributed by atoms with Gasteiger partial charge in [0.25, 0.3) is 0 Å². The summed E-state index contributed by atoms with van der Waals surface area (Å²) in [6, 6.07) is 68.5. The quantitative estimate of drug-likeness (QED) is 0.118. The smallest absolute Gasteiger partial charge is 0.0541 e. The Morgan fingerprint density at radius 3 is 1.56 bits per heavy atom. The Hall–Kier alpha value is -7.00. The van der Waals surface area contributed by atoms with Crippen LogP contribution in [0, 0.1) is 0 Å². The fourth-order valence-electron chi connectivity index (χ4n) is 7.59. The Kier molecular flexibility index (Phi) is 10.9. The van der Waals surface area contributed by atoms with Crippen LogP contribution in [0.1, 0.15) is 6.92 Å². The zero-order chi connectivity index (χ0) is 39.1. The summed E-state index contributed by atoms with van der Waals surface area (Å²) in [4.78, 5) is 0. The topological polar surface area (TPSA) is 4.93 Å². The lowest BCUT2D eigenvalue weighted by Crippen LogP contribution is -1.92. The molecule has 0 saturated carbocycles. The normalized spacial score (nSPS) is 10.8. The lowest BCUT2D eigenvalue weighted by atomic mass is 9.95. The van der Waals surface area contributed by atoms with E-state index in [0.29, 0.717) is 0 Å². The molecule has 10 aromatic rings. The van der Waals surface area contributed by atoms with Crippen molar-refractivity contribution < 1.29 is 0 Å². The van der Waals surface area contributed by atoms with Crippen molar-refractivity contribution in [1.82, 2.24) is 4.57 Å². The molecule has 8 aromatic carbocycles. The molecule has 0 aliphatic heterocycles. The van der Waals surface area contributed by atoms with Crippen molar-refractivity contribution in [3.8, 4) is 50.2 Å². The molecule has 0 aliphatic carbocycles. The SMILES string of the molecule is C=CC.C=CC=C.c1ccc(-c2cccc(-c3cccc(-c4ccc5sc6c(-c7ccc8c(c7)c7ccccc7n8-c7ccccc7)cccc6c5c4)c3)c2)cc1. The van der Waals surface area contributed by atoms with E-state index < -0.39 is 0 Å². The highest BCUT2D eigenvalue weighted by Crippen LogP contribution is 2.43. The van der Waals surface area contributed by atoms with Crippen LogP contribution in [0.2, 0.25) is 0 Å². The van der Waals surface area contributed by atoms with Crippen LogP contribution in [0.15, 0.2) is 226 Å². The minimum Gasteiger partial charge on any atom is -0.309 e. The average Bonchev–Trinajstić information content (AvgIpc) is 3.83. The van der Waals surface area contributed by atoms with E-state index in [2.05, 4.69) is 212 Å². The van der Waals surface area contributed by atoms with E-state index in [4.69, 9.17) is 0 Å². The van der Waals surface area contributed by atoms with Crippen LogP contribution in [0.5, 0.6) is 0 Å². The van der Waals surface area contributed by atoms with Gasteiger partial charge >= 0.3 is 0 Å². The molecular formula is C55H43NS. The monoisotopic (exact) mass is 749 g/mol. The van der Waals surface area contributed by atoms with Crippen molar-refractivity contribution in [3.63, 3.8) is 0 Å². The third kappa shape index (κ3) is 7.39. The van der Waals surface area contributed by atoms with Gasteiger partial charge in [0.15, 0.2) is 0 Å². The second-order valence-electron chi connectivity index (χ2n) is 13.8. The summed E-state index contributed by atoms with van der Waals surface area (Å²) in [5.74, 6) is 0. The summed E-state index contributed by atoms with van der Waals surface area (Å²) in [6.45, 7) is 12.0. The largest absolute Gasteiger partial charge is 0.309 e. The standard InChI is InChI=1S/C48H31NS.C4H6.C3H6/c1-3-12-32(13-4-1)33-14-9-15-34(28-33)35-16-10-17-36(29-35)37-25-27-47-44(30-37)42-22-11-21-40(48(42)50-47)38-24-26-46-43(31-38)41-20-7-8-23-45(41)49(46)39-18-5-2-6-19-39;1-3-4-2;1-3-2/h1-31H;3-4H,1-2H2;3H,1H2,2H3. The molecule has 2 heteroatoms. The average molecular weight is 750 g/mol.